The molecule has 0 bridgehead atoms. The maximum atomic E-state index is 13.6. The number of halogens is 4. The van der Waals surface area contributed by atoms with Gasteiger partial charge in [0.2, 0.25) is 5.95 Å². The van der Waals surface area contributed by atoms with E-state index in [1.54, 1.807) is 7.11 Å². The maximum absolute atomic E-state index is 13.6. The number of nitrogens with two attached hydrogens (primary N) is 1. The second-order valence-electron chi connectivity index (χ2n) is 7.69. The van der Waals surface area contributed by atoms with Gasteiger partial charge in [0.1, 0.15) is 5.69 Å². The van der Waals surface area contributed by atoms with Crippen molar-refractivity contribution in [3.8, 4) is 10.4 Å². The number of hydrogen-bond donors (Lipinski definition) is 2. The number of nitrogens with zero attached hydrogens (tertiary/aromatic N) is 3. The lowest BCUT2D eigenvalue weighted by atomic mass is 10.1. The first-order valence-electron chi connectivity index (χ1n) is 10.3. The standard InChI is InChI=1S/C23H21F4N5OS/c1-33-12-18-21(14-3-4-15-10-30-20(24)8-16(15)7-14)34-22(32-18)31-11-17(28)6-13-2-5-19(29-9-13)23(25,26)27/h2-5,7-10,17H,6,11-12,28H2,1H3,(H,31,32). The van der Waals surface area contributed by atoms with E-state index >= 15 is 0 Å². The van der Waals surface area contributed by atoms with Gasteiger partial charge in [0.25, 0.3) is 0 Å². The highest BCUT2D eigenvalue weighted by Gasteiger charge is 2.32. The number of alkyl halides is 3. The molecule has 0 amide bonds. The average Bonchev–Trinajstić information content (AvgIpc) is 3.20. The third-order valence-corrected chi connectivity index (χ3v) is 6.16. The molecule has 0 aliphatic heterocycles. The van der Waals surface area contributed by atoms with E-state index in [-0.39, 0.29) is 6.04 Å². The number of ether oxygens (including phenoxy) is 1. The van der Waals surface area contributed by atoms with Crippen LogP contribution < -0.4 is 11.1 Å². The van der Waals surface area contributed by atoms with Crippen LogP contribution in [0.5, 0.6) is 0 Å². The number of hydrogen-bond acceptors (Lipinski definition) is 7. The first-order chi connectivity index (χ1) is 16.2. The summed E-state index contributed by atoms with van der Waals surface area (Å²) in [4.78, 5) is 12.6. The highest BCUT2D eigenvalue weighted by Crippen LogP contribution is 2.35. The lowest BCUT2D eigenvalue weighted by Gasteiger charge is -2.13. The molecule has 0 aliphatic carbocycles. The lowest BCUT2D eigenvalue weighted by Crippen LogP contribution is -2.31. The van der Waals surface area contributed by atoms with Gasteiger partial charge in [-0.25, -0.2) is 9.97 Å². The first-order valence-corrected chi connectivity index (χ1v) is 11.1. The Labute approximate surface area is 196 Å². The van der Waals surface area contributed by atoms with Gasteiger partial charge in [0.05, 0.1) is 17.2 Å². The zero-order chi connectivity index (χ0) is 24.3. The van der Waals surface area contributed by atoms with Crippen LogP contribution >= 0.6 is 11.3 Å². The molecule has 0 saturated heterocycles. The van der Waals surface area contributed by atoms with Gasteiger partial charge in [-0.1, -0.05) is 29.5 Å². The minimum absolute atomic E-state index is 0.291. The molecule has 3 aromatic heterocycles. The molecule has 178 valence electrons. The lowest BCUT2D eigenvalue weighted by molar-refractivity contribution is -0.141. The molecular formula is C23H21F4N5OS. The van der Waals surface area contributed by atoms with Crippen LogP contribution in [0, 0.1) is 5.95 Å². The Hall–Kier alpha value is -3.15. The van der Waals surface area contributed by atoms with E-state index in [1.165, 1.54) is 35.9 Å². The Morgan fingerprint density at radius 3 is 2.62 bits per heavy atom. The molecule has 34 heavy (non-hydrogen) atoms. The summed E-state index contributed by atoms with van der Waals surface area (Å²) in [6, 6.07) is 9.00. The first kappa shape index (κ1) is 24.0. The summed E-state index contributed by atoms with van der Waals surface area (Å²) in [7, 11) is 1.58. The van der Waals surface area contributed by atoms with Crippen molar-refractivity contribution >= 4 is 27.2 Å². The predicted molar refractivity (Wildman–Crippen MR) is 123 cm³/mol. The number of methoxy groups -OCH3 is 1. The molecule has 4 aromatic rings. The number of rotatable bonds is 8. The number of anilines is 1. The third kappa shape index (κ3) is 5.66. The number of thiazole rings is 1. The SMILES string of the molecule is COCc1nc(NCC(N)Cc2ccc(C(F)(F)F)nc2)sc1-c1ccc2cnc(F)cc2c1. The van der Waals surface area contributed by atoms with Gasteiger partial charge >= 0.3 is 6.18 Å². The molecule has 3 heterocycles. The Morgan fingerprint density at radius 1 is 1.09 bits per heavy atom. The van der Waals surface area contributed by atoms with Gasteiger partial charge in [-0.3, -0.25) is 4.98 Å². The van der Waals surface area contributed by atoms with Crippen molar-refractivity contribution in [1.29, 1.82) is 0 Å². The van der Waals surface area contributed by atoms with Crippen LogP contribution in [0.15, 0.2) is 48.8 Å². The van der Waals surface area contributed by atoms with E-state index in [0.29, 0.717) is 30.3 Å². The second-order valence-corrected chi connectivity index (χ2v) is 8.69. The Bertz CT molecular complexity index is 1280. The molecule has 1 unspecified atom stereocenters. The summed E-state index contributed by atoms with van der Waals surface area (Å²) in [5.41, 5.74) is 7.44. The molecule has 0 radical (unpaired) electrons. The Kier molecular flexibility index (Phi) is 7.05. The smallest absolute Gasteiger partial charge is 0.378 e. The van der Waals surface area contributed by atoms with E-state index < -0.39 is 17.8 Å². The number of pyridine rings is 2. The van der Waals surface area contributed by atoms with Crippen LogP contribution in [0.2, 0.25) is 0 Å². The van der Waals surface area contributed by atoms with Gasteiger partial charge in [-0.15, -0.1) is 0 Å². The number of fused-ring (bicyclic) bond motifs is 1. The Balaban J connectivity index is 1.46. The van der Waals surface area contributed by atoms with E-state index in [0.717, 1.165) is 33.0 Å². The van der Waals surface area contributed by atoms with Crippen molar-refractivity contribution in [2.75, 3.05) is 19.0 Å². The molecular weight excluding hydrogens is 470 g/mol. The van der Waals surface area contributed by atoms with Crippen molar-refractivity contribution in [2.45, 2.75) is 25.2 Å². The van der Waals surface area contributed by atoms with E-state index in [1.807, 2.05) is 18.2 Å². The van der Waals surface area contributed by atoms with Gasteiger partial charge in [-0.05, 0) is 35.1 Å². The predicted octanol–water partition coefficient (Wildman–Crippen LogP) is 5.04. The van der Waals surface area contributed by atoms with Crippen molar-refractivity contribution < 1.29 is 22.3 Å². The van der Waals surface area contributed by atoms with Crippen LogP contribution in [-0.2, 0) is 23.9 Å². The summed E-state index contributed by atoms with van der Waals surface area (Å²) in [6.07, 6.45) is -1.44. The average molecular weight is 492 g/mol. The summed E-state index contributed by atoms with van der Waals surface area (Å²) in [6.45, 7) is 0.647. The van der Waals surface area contributed by atoms with Crippen LogP contribution in [0.3, 0.4) is 0 Å². The fourth-order valence-corrected chi connectivity index (χ4v) is 4.42. The zero-order valence-electron chi connectivity index (χ0n) is 18.1. The van der Waals surface area contributed by atoms with E-state index in [9.17, 15) is 17.6 Å². The summed E-state index contributed by atoms with van der Waals surface area (Å²) >= 11 is 1.41. The van der Waals surface area contributed by atoms with Crippen molar-refractivity contribution in [1.82, 2.24) is 15.0 Å². The molecule has 0 aliphatic rings. The molecule has 0 fully saturated rings. The second kappa shape index (κ2) is 10.00. The largest absolute Gasteiger partial charge is 0.433 e. The minimum atomic E-state index is -4.47. The van der Waals surface area contributed by atoms with Crippen molar-refractivity contribution in [3.63, 3.8) is 0 Å². The zero-order valence-corrected chi connectivity index (χ0v) is 18.9. The van der Waals surface area contributed by atoms with Gasteiger partial charge < -0.3 is 15.8 Å². The Morgan fingerprint density at radius 2 is 1.91 bits per heavy atom. The molecule has 3 N–H and O–H groups in total. The fourth-order valence-electron chi connectivity index (χ4n) is 3.45. The molecule has 0 spiro atoms. The minimum Gasteiger partial charge on any atom is -0.378 e. The third-order valence-electron chi connectivity index (χ3n) is 5.06. The van der Waals surface area contributed by atoms with E-state index in [4.69, 9.17) is 10.5 Å². The maximum Gasteiger partial charge on any atom is 0.433 e. The molecule has 6 nitrogen and oxygen atoms in total. The topological polar surface area (TPSA) is 86.0 Å². The summed E-state index contributed by atoms with van der Waals surface area (Å²) < 4.78 is 56.8. The normalized spacial score (nSPS) is 12.8. The summed E-state index contributed by atoms with van der Waals surface area (Å²) in [5.74, 6) is -0.550. The monoisotopic (exact) mass is 491 g/mol. The number of benzene rings is 1. The highest BCUT2D eigenvalue weighted by molar-refractivity contribution is 7.19. The number of nitrogens with one attached hydrogen (secondary N) is 1. The molecule has 4 rings (SSSR count). The van der Waals surface area contributed by atoms with Gasteiger partial charge in [0, 0.05) is 43.5 Å². The highest BCUT2D eigenvalue weighted by atomic mass is 32.1. The molecule has 11 heteroatoms. The quantitative estimate of drug-likeness (QED) is 0.265. The van der Waals surface area contributed by atoms with Gasteiger partial charge in [-0.2, -0.15) is 17.6 Å². The number of aromatic nitrogens is 3. The summed E-state index contributed by atoms with van der Waals surface area (Å²) in [5, 5.41) is 5.37. The van der Waals surface area contributed by atoms with Crippen LogP contribution in [0.1, 0.15) is 17.0 Å². The van der Waals surface area contributed by atoms with Crippen LogP contribution in [-0.4, -0.2) is 34.6 Å². The van der Waals surface area contributed by atoms with Gasteiger partial charge in [0.15, 0.2) is 5.13 Å². The van der Waals surface area contributed by atoms with Crippen molar-refractivity contribution in [2.24, 2.45) is 5.73 Å². The van der Waals surface area contributed by atoms with Crippen LogP contribution in [0.25, 0.3) is 21.2 Å². The fraction of sp³-hybridized carbons (Fsp3) is 0.261. The van der Waals surface area contributed by atoms with Crippen molar-refractivity contribution in [3.05, 3.63) is 71.7 Å². The molecule has 0 saturated carbocycles. The molecule has 1 atom stereocenters. The molecule has 1 aromatic carbocycles. The van der Waals surface area contributed by atoms with E-state index in [2.05, 4.69) is 20.3 Å². The van der Waals surface area contributed by atoms with Crippen LogP contribution in [0.4, 0.5) is 22.7 Å².